The maximum atomic E-state index is 12.4. The minimum Gasteiger partial charge on any atom is -0.383 e. The summed E-state index contributed by atoms with van der Waals surface area (Å²) >= 11 is 0. The predicted molar refractivity (Wildman–Crippen MR) is 81.6 cm³/mol. The van der Waals surface area contributed by atoms with Crippen LogP contribution in [0.4, 0.5) is 0 Å². The third kappa shape index (κ3) is 5.04. The Morgan fingerprint density at radius 3 is 2.55 bits per heavy atom. The largest absolute Gasteiger partial charge is 0.383 e. The second-order valence-electron chi connectivity index (χ2n) is 5.64. The first-order valence-electron chi connectivity index (χ1n) is 7.88. The van der Waals surface area contributed by atoms with Crippen molar-refractivity contribution in [3.63, 3.8) is 0 Å². The van der Waals surface area contributed by atoms with Crippen LogP contribution in [0, 0.1) is 0 Å². The van der Waals surface area contributed by atoms with Crippen molar-refractivity contribution in [3.8, 4) is 0 Å². The molecular weight excluding hydrogens is 254 g/mol. The SMILES string of the molecule is CCCC1NC(CCC)N(CCN(C)CCOC)C1=O. The van der Waals surface area contributed by atoms with Crippen molar-refractivity contribution in [2.24, 2.45) is 0 Å². The first-order valence-corrected chi connectivity index (χ1v) is 7.88. The van der Waals surface area contributed by atoms with Crippen molar-refractivity contribution in [1.29, 1.82) is 0 Å². The fourth-order valence-corrected chi connectivity index (χ4v) is 2.66. The van der Waals surface area contributed by atoms with Crippen LogP contribution in [-0.2, 0) is 9.53 Å². The molecule has 0 aromatic rings. The normalized spacial score (nSPS) is 23.1. The van der Waals surface area contributed by atoms with E-state index in [9.17, 15) is 4.79 Å². The number of ether oxygens (including phenoxy) is 1. The topological polar surface area (TPSA) is 44.8 Å². The number of amides is 1. The van der Waals surface area contributed by atoms with E-state index < -0.39 is 0 Å². The molecule has 0 saturated carbocycles. The van der Waals surface area contributed by atoms with Crippen LogP contribution >= 0.6 is 0 Å². The van der Waals surface area contributed by atoms with Gasteiger partial charge in [-0.1, -0.05) is 26.7 Å². The van der Waals surface area contributed by atoms with Crippen molar-refractivity contribution in [2.45, 2.75) is 51.7 Å². The molecule has 0 aromatic carbocycles. The Kier molecular flexibility index (Phi) is 8.11. The summed E-state index contributed by atoms with van der Waals surface area (Å²) in [7, 11) is 3.79. The van der Waals surface area contributed by atoms with E-state index in [1.807, 2.05) is 4.90 Å². The van der Waals surface area contributed by atoms with Crippen LogP contribution < -0.4 is 5.32 Å². The molecule has 0 aliphatic carbocycles. The lowest BCUT2D eigenvalue weighted by molar-refractivity contribution is -0.130. The van der Waals surface area contributed by atoms with Gasteiger partial charge in [-0.3, -0.25) is 10.1 Å². The highest BCUT2D eigenvalue weighted by Gasteiger charge is 2.37. The summed E-state index contributed by atoms with van der Waals surface area (Å²) in [5.41, 5.74) is 0. The van der Waals surface area contributed by atoms with Gasteiger partial charge in [-0.25, -0.2) is 0 Å². The fraction of sp³-hybridized carbons (Fsp3) is 0.933. The molecule has 1 heterocycles. The van der Waals surface area contributed by atoms with Gasteiger partial charge in [0, 0.05) is 26.7 Å². The summed E-state index contributed by atoms with van der Waals surface area (Å²) in [6.45, 7) is 7.64. The number of likely N-dealkylation sites (N-methyl/N-ethyl adjacent to an activating group) is 1. The van der Waals surface area contributed by atoms with Crippen LogP contribution in [0.25, 0.3) is 0 Å². The van der Waals surface area contributed by atoms with Crippen LogP contribution in [0.5, 0.6) is 0 Å². The van der Waals surface area contributed by atoms with Gasteiger partial charge in [0.2, 0.25) is 5.91 Å². The van der Waals surface area contributed by atoms with E-state index in [4.69, 9.17) is 4.74 Å². The molecule has 1 N–H and O–H groups in total. The van der Waals surface area contributed by atoms with Crippen LogP contribution in [0.2, 0.25) is 0 Å². The number of methoxy groups -OCH3 is 1. The smallest absolute Gasteiger partial charge is 0.241 e. The Bertz CT molecular complexity index is 286. The van der Waals surface area contributed by atoms with E-state index in [1.54, 1.807) is 7.11 Å². The minimum absolute atomic E-state index is 0.0285. The Labute approximate surface area is 123 Å². The summed E-state index contributed by atoms with van der Waals surface area (Å²) in [6.07, 6.45) is 4.34. The molecule has 0 aromatic heterocycles. The van der Waals surface area contributed by atoms with Gasteiger partial charge in [0.15, 0.2) is 0 Å². The molecule has 1 saturated heterocycles. The molecule has 0 bridgehead atoms. The van der Waals surface area contributed by atoms with Gasteiger partial charge in [0.05, 0.1) is 18.8 Å². The van der Waals surface area contributed by atoms with E-state index in [0.717, 1.165) is 51.9 Å². The van der Waals surface area contributed by atoms with Crippen molar-refractivity contribution in [3.05, 3.63) is 0 Å². The molecule has 1 aliphatic rings. The van der Waals surface area contributed by atoms with Crippen molar-refractivity contribution < 1.29 is 9.53 Å². The standard InChI is InChI=1S/C15H31N3O2/c1-5-7-13-15(19)18(14(16-13)8-6-2)10-9-17(3)11-12-20-4/h13-14,16H,5-12H2,1-4H3. The minimum atomic E-state index is 0.0285. The highest BCUT2D eigenvalue weighted by Crippen LogP contribution is 2.17. The Morgan fingerprint density at radius 2 is 1.95 bits per heavy atom. The molecule has 2 atom stereocenters. The number of rotatable bonds is 10. The van der Waals surface area contributed by atoms with Crippen LogP contribution in [0.1, 0.15) is 39.5 Å². The molecule has 1 amide bonds. The highest BCUT2D eigenvalue weighted by atomic mass is 16.5. The molecule has 20 heavy (non-hydrogen) atoms. The van der Waals surface area contributed by atoms with Crippen molar-refractivity contribution in [2.75, 3.05) is 40.4 Å². The first kappa shape index (κ1) is 17.4. The number of hydrogen-bond donors (Lipinski definition) is 1. The van der Waals surface area contributed by atoms with E-state index in [1.165, 1.54) is 0 Å². The molecule has 0 spiro atoms. The Hall–Kier alpha value is -0.650. The number of hydrogen-bond acceptors (Lipinski definition) is 4. The third-order valence-electron chi connectivity index (χ3n) is 3.89. The van der Waals surface area contributed by atoms with Crippen molar-refractivity contribution >= 4 is 5.91 Å². The van der Waals surface area contributed by atoms with Gasteiger partial charge in [-0.05, 0) is 19.9 Å². The zero-order valence-corrected chi connectivity index (χ0v) is 13.5. The van der Waals surface area contributed by atoms with Crippen molar-refractivity contribution in [1.82, 2.24) is 15.1 Å². The molecule has 5 nitrogen and oxygen atoms in total. The zero-order chi connectivity index (χ0) is 15.0. The lowest BCUT2D eigenvalue weighted by Gasteiger charge is -2.26. The first-order chi connectivity index (χ1) is 9.63. The van der Waals surface area contributed by atoms with E-state index in [0.29, 0.717) is 0 Å². The van der Waals surface area contributed by atoms with Gasteiger partial charge in [-0.15, -0.1) is 0 Å². The average molecular weight is 285 g/mol. The number of carbonyl (C=O) groups excluding carboxylic acids is 1. The molecule has 1 fully saturated rings. The second kappa shape index (κ2) is 9.32. The van der Waals surface area contributed by atoms with Gasteiger partial charge < -0.3 is 14.5 Å². The third-order valence-corrected chi connectivity index (χ3v) is 3.89. The summed E-state index contributed by atoms with van der Waals surface area (Å²) in [6, 6.07) is 0.0285. The fourth-order valence-electron chi connectivity index (χ4n) is 2.66. The molecule has 0 radical (unpaired) electrons. The van der Waals surface area contributed by atoms with Crippen LogP contribution in [0.15, 0.2) is 0 Å². The Balaban J connectivity index is 2.48. The van der Waals surface area contributed by atoms with Crippen LogP contribution in [-0.4, -0.2) is 68.3 Å². The maximum absolute atomic E-state index is 12.4. The van der Waals surface area contributed by atoms with Gasteiger partial charge >= 0.3 is 0 Å². The molecule has 2 unspecified atom stereocenters. The maximum Gasteiger partial charge on any atom is 0.241 e. The molecule has 1 rings (SSSR count). The number of carbonyl (C=O) groups is 1. The molecular formula is C15H31N3O2. The summed E-state index contributed by atoms with van der Waals surface area (Å²) < 4.78 is 5.08. The lowest BCUT2D eigenvalue weighted by atomic mass is 10.2. The molecule has 5 heteroatoms. The lowest BCUT2D eigenvalue weighted by Crippen LogP contribution is -2.42. The molecule has 118 valence electrons. The zero-order valence-electron chi connectivity index (χ0n) is 13.5. The van der Waals surface area contributed by atoms with E-state index in [2.05, 4.69) is 31.1 Å². The second-order valence-corrected chi connectivity index (χ2v) is 5.64. The number of nitrogens with zero attached hydrogens (tertiary/aromatic N) is 2. The summed E-state index contributed by atoms with van der Waals surface area (Å²) in [5.74, 6) is 0.283. The predicted octanol–water partition coefficient (Wildman–Crippen LogP) is 1.29. The molecule has 1 aliphatic heterocycles. The van der Waals surface area contributed by atoms with Gasteiger partial charge in [-0.2, -0.15) is 0 Å². The summed E-state index contributed by atoms with van der Waals surface area (Å²) in [4.78, 5) is 16.7. The van der Waals surface area contributed by atoms with Crippen LogP contribution in [0.3, 0.4) is 0 Å². The monoisotopic (exact) mass is 285 g/mol. The summed E-state index contributed by atoms with van der Waals surface area (Å²) in [5, 5.41) is 3.49. The van der Waals surface area contributed by atoms with E-state index >= 15 is 0 Å². The van der Waals surface area contributed by atoms with E-state index in [-0.39, 0.29) is 18.1 Å². The Morgan fingerprint density at radius 1 is 1.25 bits per heavy atom. The quantitative estimate of drug-likeness (QED) is 0.657. The highest BCUT2D eigenvalue weighted by molar-refractivity contribution is 5.84. The van der Waals surface area contributed by atoms with Gasteiger partial charge in [0.1, 0.15) is 0 Å². The average Bonchev–Trinajstić information content (AvgIpc) is 2.71. The van der Waals surface area contributed by atoms with Gasteiger partial charge in [0.25, 0.3) is 0 Å². The number of nitrogens with one attached hydrogen (secondary N) is 1.